The summed E-state index contributed by atoms with van der Waals surface area (Å²) in [6.07, 6.45) is 7.22. The summed E-state index contributed by atoms with van der Waals surface area (Å²) < 4.78 is 0. The van der Waals surface area contributed by atoms with Crippen LogP contribution in [0.1, 0.15) is 27.2 Å². The molecule has 58 valence electrons. The quantitative estimate of drug-likeness (QED) is 0.596. The van der Waals surface area contributed by atoms with Crippen molar-refractivity contribution in [2.45, 2.75) is 33.2 Å². The lowest BCUT2D eigenvalue weighted by molar-refractivity contribution is 0.925. The zero-order chi connectivity index (χ0) is 7.98. The predicted octanol–water partition coefficient (Wildman–Crippen LogP) is 2.25. The van der Waals surface area contributed by atoms with E-state index in [9.17, 15) is 0 Å². The van der Waals surface area contributed by atoms with Crippen LogP contribution >= 0.6 is 0 Å². The zero-order valence-electron chi connectivity index (χ0n) is 7.09. The van der Waals surface area contributed by atoms with Crippen LogP contribution in [0, 0.1) is 0 Å². The predicted molar refractivity (Wildman–Crippen MR) is 46.8 cm³/mol. The maximum absolute atomic E-state index is 5.50. The van der Waals surface area contributed by atoms with Gasteiger partial charge in [-0.2, -0.15) is 0 Å². The summed E-state index contributed by atoms with van der Waals surface area (Å²) in [6, 6.07) is 0.168. The maximum Gasteiger partial charge on any atom is 0.0197 e. The Balaban J connectivity index is 3.70. The van der Waals surface area contributed by atoms with Gasteiger partial charge >= 0.3 is 0 Å². The second-order valence-electron chi connectivity index (χ2n) is 2.61. The highest BCUT2D eigenvalue weighted by atomic mass is 14.6. The van der Waals surface area contributed by atoms with Gasteiger partial charge in [-0.3, -0.25) is 0 Å². The molecule has 0 heterocycles. The van der Waals surface area contributed by atoms with E-state index in [0.717, 1.165) is 6.42 Å². The van der Waals surface area contributed by atoms with E-state index in [4.69, 9.17) is 5.73 Å². The Morgan fingerprint density at radius 3 is 2.60 bits per heavy atom. The molecule has 1 unspecified atom stereocenters. The Hall–Kier alpha value is -0.560. The number of rotatable bonds is 3. The Labute approximate surface area is 63.6 Å². The van der Waals surface area contributed by atoms with Crippen LogP contribution in [0.4, 0.5) is 0 Å². The standard InChI is InChI=1S/C9H17N/c1-4-8(2)6-5-7-9(3)10/h5-7,9H,4,10H2,1-3H3. The molecule has 0 saturated heterocycles. The smallest absolute Gasteiger partial charge is 0.0197 e. The van der Waals surface area contributed by atoms with Crippen LogP contribution in [0.15, 0.2) is 23.8 Å². The van der Waals surface area contributed by atoms with Gasteiger partial charge in [-0.25, -0.2) is 0 Å². The fraction of sp³-hybridized carbons (Fsp3) is 0.556. The van der Waals surface area contributed by atoms with Gasteiger partial charge in [-0.15, -0.1) is 0 Å². The van der Waals surface area contributed by atoms with Gasteiger partial charge < -0.3 is 5.73 Å². The normalized spacial score (nSPS) is 16.2. The Morgan fingerprint density at radius 1 is 1.60 bits per heavy atom. The van der Waals surface area contributed by atoms with Crippen molar-refractivity contribution in [1.82, 2.24) is 0 Å². The average Bonchev–Trinajstić information content (AvgIpc) is 1.87. The van der Waals surface area contributed by atoms with E-state index in [2.05, 4.69) is 19.9 Å². The SMILES string of the molecule is CCC(C)=CC=CC(C)N. The molecule has 0 aliphatic carbocycles. The first-order valence-electron chi connectivity index (χ1n) is 3.76. The third-order valence-electron chi connectivity index (χ3n) is 1.35. The van der Waals surface area contributed by atoms with Crippen LogP contribution in [0.5, 0.6) is 0 Å². The van der Waals surface area contributed by atoms with Crippen LogP contribution in [0.3, 0.4) is 0 Å². The van der Waals surface area contributed by atoms with Crippen LogP contribution in [0.25, 0.3) is 0 Å². The molecule has 0 aromatic heterocycles. The lowest BCUT2D eigenvalue weighted by Gasteiger charge is -1.92. The molecule has 0 aliphatic rings. The van der Waals surface area contributed by atoms with Crippen LogP contribution in [-0.2, 0) is 0 Å². The number of nitrogens with two attached hydrogens (primary N) is 1. The highest BCUT2D eigenvalue weighted by Crippen LogP contribution is 1.97. The zero-order valence-corrected chi connectivity index (χ0v) is 7.09. The van der Waals surface area contributed by atoms with Crippen molar-refractivity contribution in [2.24, 2.45) is 5.73 Å². The monoisotopic (exact) mass is 139 g/mol. The van der Waals surface area contributed by atoms with Gasteiger partial charge in [0, 0.05) is 6.04 Å². The van der Waals surface area contributed by atoms with E-state index in [-0.39, 0.29) is 6.04 Å². The Morgan fingerprint density at radius 2 is 2.20 bits per heavy atom. The molecule has 1 atom stereocenters. The van der Waals surface area contributed by atoms with E-state index in [1.54, 1.807) is 0 Å². The third kappa shape index (κ3) is 5.57. The minimum Gasteiger partial charge on any atom is -0.325 e. The van der Waals surface area contributed by atoms with Crippen molar-refractivity contribution in [3.63, 3.8) is 0 Å². The molecule has 0 radical (unpaired) electrons. The summed E-state index contributed by atoms with van der Waals surface area (Å²) in [4.78, 5) is 0. The van der Waals surface area contributed by atoms with E-state index in [1.165, 1.54) is 5.57 Å². The van der Waals surface area contributed by atoms with Gasteiger partial charge in [0.05, 0.1) is 0 Å². The fourth-order valence-electron chi connectivity index (χ4n) is 0.513. The molecule has 0 bridgehead atoms. The van der Waals surface area contributed by atoms with Crippen LogP contribution in [0.2, 0.25) is 0 Å². The van der Waals surface area contributed by atoms with Crippen molar-refractivity contribution in [3.8, 4) is 0 Å². The van der Waals surface area contributed by atoms with E-state index in [0.29, 0.717) is 0 Å². The third-order valence-corrected chi connectivity index (χ3v) is 1.35. The molecule has 1 heteroatoms. The highest BCUT2D eigenvalue weighted by Gasteiger charge is 1.81. The summed E-state index contributed by atoms with van der Waals surface area (Å²) in [6.45, 7) is 6.22. The van der Waals surface area contributed by atoms with Gasteiger partial charge in [-0.1, -0.05) is 30.7 Å². The van der Waals surface area contributed by atoms with Gasteiger partial charge in [-0.05, 0) is 20.3 Å². The summed E-state index contributed by atoms with van der Waals surface area (Å²) in [5.74, 6) is 0. The van der Waals surface area contributed by atoms with Crippen LogP contribution < -0.4 is 5.73 Å². The van der Waals surface area contributed by atoms with Crippen molar-refractivity contribution in [1.29, 1.82) is 0 Å². The molecule has 0 spiro atoms. The van der Waals surface area contributed by atoms with E-state index < -0.39 is 0 Å². The fourth-order valence-corrected chi connectivity index (χ4v) is 0.513. The lowest BCUT2D eigenvalue weighted by Crippen LogP contribution is -2.09. The Bertz CT molecular complexity index is 132. The average molecular weight is 139 g/mol. The van der Waals surface area contributed by atoms with Gasteiger partial charge in [0.2, 0.25) is 0 Å². The second kappa shape index (κ2) is 5.24. The lowest BCUT2D eigenvalue weighted by atomic mass is 10.2. The molecule has 2 N–H and O–H groups in total. The number of allylic oxidation sites excluding steroid dienone is 3. The highest BCUT2D eigenvalue weighted by molar-refractivity contribution is 5.11. The first-order valence-corrected chi connectivity index (χ1v) is 3.76. The van der Waals surface area contributed by atoms with Gasteiger partial charge in [0.15, 0.2) is 0 Å². The molecule has 0 rings (SSSR count). The molecule has 1 nitrogen and oxygen atoms in total. The van der Waals surface area contributed by atoms with E-state index in [1.807, 2.05) is 19.1 Å². The number of hydrogen-bond acceptors (Lipinski definition) is 1. The molecule has 0 aromatic carbocycles. The molecular formula is C9H17N. The van der Waals surface area contributed by atoms with Gasteiger partial charge in [0.25, 0.3) is 0 Å². The van der Waals surface area contributed by atoms with Crippen LogP contribution in [-0.4, -0.2) is 6.04 Å². The molecule has 10 heavy (non-hydrogen) atoms. The van der Waals surface area contributed by atoms with Crippen molar-refractivity contribution in [2.75, 3.05) is 0 Å². The minimum absolute atomic E-state index is 0.168. The Kier molecular flexibility index (Phi) is 4.95. The molecule has 0 aliphatic heterocycles. The summed E-state index contributed by atoms with van der Waals surface area (Å²) in [5.41, 5.74) is 6.89. The molecule has 0 fully saturated rings. The van der Waals surface area contributed by atoms with Gasteiger partial charge in [0.1, 0.15) is 0 Å². The molecule has 0 saturated carbocycles. The topological polar surface area (TPSA) is 26.0 Å². The van der Waals surface area contributed by atoms with Crippen molar-refractivity contribution < 1.29 is 0 Å². The maximum atomic E-state index is 5.50. The summed E-state index contributed by atoms with van der Waals surface area (Å²) in [7, 11) is 0. The first-order chi connectivity index (χ1) is 4.66. The van der Waals surface area contributed by atoms with Crippen molar-refractivity contribution >= 4 is 0 Å². The molecule has 0 aromatic rings. The largest absolute Gasteiger partial charge is 0.325 e. The number of hydrogen-bond donors (Lipinski definition) is 1. The van der Waals surface area contributed by atoms with Crippen molar-refractivity contribution in [3.05, 3.63) is 23.8 Å². The minimum atomic E-state index is 0.168. The van der Waals surface area contributed by atoms with E-state index >= 15 is 0 Å². The second-order valence-corrected chi connectivity index (χ2v) is 2.61. The summed E-state index contributed by atoms with van der Waals surface area (Å²) in [5, 5.41) is 0. The molecular weight excluding hydrogens is 122 g/mol. The summed E-state index contributed by atoms with van der Waals surface area (Å²) >= 11 is 0. The first kappa shape index (κ1) is 9.44. The molecule has 0 amide bonds.